The molecule has 0 unspecified atom stereocenters. The first-order chi connectivity index (χ1) is 5.70. The summed E-state index contributed by atoms with van der Waals surface area (Å²) in [6.07, 6.45) is 4.17. The van der Waals surface area contributed by atoms with Crippen LogP contribution < -0.4 is 0 Å². The highest BCUT2D eigenvalue weighted by atomic mass is 15.1. The zero-order valence-electron chi connectivity index (χ0n) is 7.41. The number of hydrogen-bond acceptors (Lipinski definition) is 2. The maximum Gasteiger partial charge on any atom is 0.0997 e. The summed E-state index contributed by atoms with van der Waals surface area (Å²) in [6, 6.07) is 3.86. The molecule has 1 aromatic rings. The second-order valence-electron chi connectivity index (χ2n) is 2.87. The van der Waals surface area contributed by atoms with E-state index in [9.17, 15) is 0 Å². The van der Waals surface area contributed by atoms with E-state index in [4.69, 9.17) is 5.41 Å². The predicted molar refractivity (Wildman–Crippen MR) is 49.4 cm³/mol. The van der Waals surface area contributed by atoms with Crippen LogP contribution in [-0.2, 0) is 6.42 Å². The molecule has 1 N–H and O–H groups in total. The second kappa shape index (κ2) is 3.85. The van der Waals surface area contributed by atoms with Crippen molar-refractivity contribution in [2.75, 3.05) is 14.1 Å². The highest BCUT2D eigenvalue weighted by Crippen LogP contribution is 1.99. The molecule has 0 amide bonds. The van der Waals surface area contributed by atoms with E-state index in [1.807, 2.05) is 26.2 Å². The van der Waals surface area contributed by atoms with Crippen LogP contribution in [0.4, 0.5) is 0 Å². The average molecular weight is 163 g/mol. The van der Waals surface area contributed by atoms with E-state index in [0.717, 1.165) is 5.56 Å². The highest BCUT2D eigenvalue weighted by molar-refractivity contribution is 5.80. The van der Waals surface area contributed by atoms with Gasteiger partial charge in [-0.3, -0.25) is 10.4 Å². The predicted octanol–water partition coefficient (Wildman–Crippen LogP) is 1.16. The van der Waals surface area contributed by atoms with Crippen molar-refractivity contribution in [3.05, 3.63) is 30.1 Å². The minimum atomic E-state index is 0.612. The lowest BCUT2D eigenvalue weighted by molar-refractivity contribution is 0.605. The standard InChI is InChI=1S/C9H13N3/c1-12(2)9(10)7-8-3-5-11-6-4-8/h3-6,10H,7H2,1-2H3. The summed E-state index contributed by atoms with van der Waals surface area (Å²) < 4.78 is 0. The SMILES string of the molecule is CN(C)C(=N)Cc1ccncc1. The van der Waals surface area contributed by atoms with E-state index in [1.165, 1.54) is 0 Å². The van der Waals surface area contributed by atoms with Gasteiger partial charge in [-0.2, -0.15) is 0 Å². The Balaban J connectivity index is 2.59. The van der Waals surface area contributed by atoms with Crippen LogP contribution in [0, 0.1) is 5.41 Å². The molecule has 0 fully saturated rings. The van der Waals surface area contributed by atoms with E-state index >= 15 is 0 Å². The van der Waals surface area contributed by atoms with Crippen LogP contribution in [0.5, 0.6) is 0 Å². The van der Waals surface area contributed by atoms with Gasteiger partial charge in [-0.15, -0.1) is 0 Å². The molecule has 1 rings (SSSR count). The fourth-order valence-electron chi connectivity index (χ4n) is 0.852. The molecule has 0 spiro atoms. The maximum absolute atomic E-state index is 7.59. The van der Waals surface area contributed by atoms with Crippen LogP contribution in [0.15, 0.2) is 24.5 Å². The molecular formula is C9H13N3. The zero-order chi connectivity index (χ0) is 8.97. The van der Waals surface area contributed by atoms with Gasteiger partial charge in [-0.25, -0.2) is 0 Å². The Labute approximate surface area is 72.6 Å². The smallest absolute Gasteiger partial charge is 0.0997 e. The minimum absolute atomic E-state index is 0.612. The molecule has 3 heteroatoms. The van der Waals surface area contributed by atoms with Gasteiger partial charge < -0.3 is 4.90 Å². The van der Waals surface area contributed by atoms with Crippen LogP contribution in [0.2, 0.25) is 0 Å². The Morgan fingerprint density at radius 2 is 2.00 bits per heavy atom. The first-order valence-electron chi connectivity index (χ1n) is 3.84. The lowest BCUT2D eigenvalue weighted by atomic mass is 10.2. The van der Waals surface area contributed by atoms with Gasteiger partial charge in [0.05, 0.1) is 5.84 Å². The number of nitrogens with one attached hydrogen (secondary N) is 1. The van der Waals surface area contributed by atoms with Crippen molar-refractivity contribution in [3.63, 3.8) is 0 Å². The summed E-state index contributed by atoms with van der Waals surface area (Å²) in [7, 11) is 3.76. The number of pyridine rings is 1. The number of likely N-dealkylation sites (N-methyl/N-ethyl adjacent to an activating group) is 1. The lowest BCUT2D eigenvalue weighted by Crippen LogP contribution is -2.22. The van der Waals surface area contributed by atoms with Gasteiger partial charge in [0.2, 0.25) is 0 Å². The topological polar surface area (TPSA) is 40.0 Å². The molecule has 3 nitrogen and oxygen atoms in total. The van der Waals surface area contributed by atoms with Crippen molar-refractivity contribution in [2.24, 2.45) is 0 Å². The molecule has 0 atom stereocenters. The zero-order valence-corrected chi connectivity index (χ0v) is 7.41. The van der Waals surface area contributed by atoms with Gasteiger partial charge in [0, 0.05) is 32.9 Å². The first-order valence-corrected chi connectivity index (χ1v) is 3.84. The van der Waals surface area contributed by atoms with Gasteiger partial charge in [0.15, 0.2) is 0 Å². The molecule has 0 bridgehead atoms. The van der Waals surface area contributed by atoms with Crippen molar-refractivity contribution in [1.29, 1.82) is 5.41 Å². The molecule has 0 aliphatic heterocycles. The van der Waals surface area contributed by atoms with Crippen molar-refractivity contribution in [2.45, 2.75) is 6.42 Å². The third-order valence-electron chi connectivity index (χ3n) is 1.66. The minimum Gasteiger partial charge on any atom is -0.366 e. The van der Waals surface area contributed by atoms with Crippen molar-refractivity contribution in [3.8, 4) is 0 Å². The Kier molecular flexibility index (Phi) is 2.80. The van der Waals surface area contributed by atoms with E-state index in [1.54, 1.807) is 17.3 Å². The normalized spacial score (nSPS) is 9.50. The second-order valence-corrected chi connectivity index (χ2v) is 2.87. The first kappa shape index (κ1) is 8.71. The van der Waals surface area contributed by atoms with E-state index in [0.29, 0.717) is 12.3 Å². The summed E-state index contributed by atoms with van der Waals surface area (Å²) in [5.41, 5.74) is 1.13. The van der Waals surface area contributed by atoms with Gasteiger partial charge in [0.1, 0.15) is 0 Å². The monoisotopic (exact) mass is 163 g/mol. The Bertz CT molecular complexity index is 254. The molecule has 1 aromatic heterocycles. The Hall–Kier alpha value is -1.38. The van der Waals surface area contributed by atoms with E-state index in [2.05, 4.69) is 4.98 Å². The molecular weight excluding hydrogens is 150 g/mol. The number of rotatable bonds is 2. The number of amidine groups is 1. The van der Waals surface area contributed by atoms with Crippen molar-refractivity contribution >= 4 is 5.84 Å². The molecule has 1 heterocycles. The van der Waals surface area contributed by atoms with Crippen LogP contribution in [0.3, 0.4) is 0 Å². The summed E-state index contributed by atoms with van der Waals surface area (Å²) in [5, 5.41) is 7.59. The fraction of sp³-hybridized carbons (Fsp3) is 0.333. The molecule has 0 saturated heterocycles. The van der Waals surface area contributed by atoms with E-state index < -0.39 is 0 Å². The third-order valence-corrected chi connectivity index (χ3v) is 1.66. The summed E-state index contributed by atoms with van der Waals surface area (Å²) >= 11 is 0. The number of nitrogens with zero attached hydrogens (tertiary/aromatic N) is 2. The lowest BCUT2D eigenvalue weighted by Gasteiger charge is -2.12. The van der Waals surface area contributed by atoms with Crippen LogP contribution in [-0.4, -0.2) is 29.8 Å². The highest BCUT2D eigenvalue weighted by Gasteiger charge is 1.99. The van der Waals surface area contributed by atoms with Gasteiger partial charge in [0.25, 0.3) is 0 Å². The third kappa shape index (κ3) is 2.34. The molecule has 0 aromatic carbocycles. The maximum atomic E-state index is 7.59. The summed E-state index contributed by atoms with van der Waals surface area (Å²) in [4.78, 5) is 5.72. The van der Waals surface area contributed by atoms with Gasteiger partial charge in [-0.05, 0) is 17.7 Å². The van der Waals surface area contributed by atoms with Crippen LogP contribution in [0.1, 0.15) is 5.56 Å². The van der Waals surface area contributed by atoms with Gasteiger partial charge >= 0.3 is 0 Å². The largest absolute Gasteiger partial charge is 0.366 e. The molecule has 12 heavy (non-hydrogen) atoms. The molecule has 0 radical (unpaired) electrons. The molecule has 64 valence electrons. The fourth-order valence-corrected chi connectivity index (χ4v) is 0.852. The molecule has 0 aliphatic rings. The number of aromatic nitrogens is 1. The van der Waals surface area contributed by atoms with Crippen molar-refractivity contribution in [1.82, 2.24) is 9.88 Å². The number of hydrogen-bond donors (Lipinski definition) is 1. The van der Waals surface area contributed by atoms with Crippen LogP contribution >= 0.6 is 0 Å². The van der Waals surface area contributed by atoms with Crippen molar-refractivity contribution < 1.29 is 0 Å². The molecule has 0 saturated carbocycles. The summed E-state index contributed by atoms with van der Waals surface area (Å²) in [6.45, 7) is 0. The Morgan fingerprint density at radius 3 is 2.50 bits per heavy atom. The molecule has 0 aliphatic carbocycles. The average Bonchev–Trinajstić information content (AvgIpc) is 2.06. The van der Waals surface area contributed by atoms with Crippen LogP contribution in [0.25, 0.3) is 0 Å². The Morgan fingerprint density at radius 1 is 1.42 bits per heavy atom. The van der Waals surface area contributed by atoms with Gasteiger partial charge in [-0.1, -0.05) is 0 Å². The summed E-state index contributed by atoms with van der Waals surface area (Å²) in [5.74, 6) is 0.612. The quantitative estimate of drug-likeness (QED) is 0.525. The van der Waals surface area contributed by atoms with E-state index in [-0.39, 0.29) is 0 Å².